The summed E-state index contributed by atoms with van der Waals surface area (Å²) in [7, 11) is -3.74. The van der Waals surface area contributed by atoms with E-state index in [4.69, 9.17) is 10.4 Å². The molecule has 1 aromatic carbocycles. The second-order valence-electron chi connectivity index (χ2n) is 4.65. The van der Waals surface area contributed by atoms with Gasteiger partial charge in [-0.05, 0) is 24.1 Å². The lowest BCUT2D eigenvalue weighted by molar-refractivity contribution is -0.141. The fourth-order valence-corrected chi connectivity index (χ4v) is 2.91. The second kappa shape index (κ2) is 7.76. The van der Waals surface area contributed by atoms with Gasteiger partial charge in [0.25, 0.3) is 0 Å². The highest BCUT2D eigenvalue weighted by Crippen LogP contribution is 2.12. The molecule has 0 aliphatic rings. The number of carbonyl (C=O) groups is 1. The molecule has 2 N–H and O–H groups in total. The van der Waals surface area contributed by atoms with E-state index in [9.17, 15) is 13.2 Å². The third kappa shape index (κ3) is 5.17. The maximum Gasteiger partial charge on any atom is 0.307 e. The molecule has 1 atom stereocenters. The zero-order valence-corrected chi connectivity index (χ0v) is 12.6. The van der Waals surface area contributed by atoms with Crippen LogP contribution >= 0.6 is 0 Å². The molecule has 0 saturated heterocycles. The third-order valence-electron chi connectivity index (χ3n) is 3.02. The van der Waals surface area contributed by atoms with E-state index in [0.29, 0.717) is 12.8 Å². The van der Waals surface area contributed by atoms with Gasteiger partial charge >= 0.3 is 5.97 Å². The van der Waals surface area contributed by atoms with E-state index >= 15 is 0 Å². The minimum absolute atomic E-state index is 0.0600. The van der Waals surface area contributed by atoms with Crippen LogP contribution in [0.3, 0.4) is 0 Å². The average molecular weight is 310 g/mol. The predicted molar refractivity (Wildman–Crippen MR) is 77.0 cm³/mol. The standard InChI is InChI=1S/C14H18N2O4S/c1-2-3-12(14(17)18)10-16-21(19,20)13-6-4-11(5-7-13)8-9-15/h4-7,12,16H,2-3,8,10H2,1H3,(H,17,18). The van der Waals surface area contributed by atoms with Crippen molar-refractivity contribution in [3.63, 3.8) is 0 Å². The topological polar surface area (TPSA) is 107 Å². The number of benzene rings is 1. The van der Waals surface area contributed by atoms with Crippen molar-refractivity contribution in [2.24, 2.45) is 5.92 Å². The first-order valence-electron chi connectivity index (χ1n) is 6.59. The highest BCUT2D eigenvalue weighted by atomic mass is 32.2. The Labute approximate surface area is 124 Å². The monoisotopic (exact) mass is 310 g/mol. The predicted octanol–water partition coefficient (Wildman–Crippen LogP) is 1.53. The first-order chi connectivity index (χ1) is 9.90. The quantitative estimate of drug-likeness (QED) is 0.757. The minimum Gasteiger partial charge on any atom is -0.481 e. The summed E-state index contributed by atoms with van der Waals surface area (Å²) >= 11 is 0. The summed E-state index contributed by atoms with van der Waals surface area (Å²) in [4.78, 5) is 11.1. The van der Waals surface area contributed by atoms with Gasteiger partial charge in [0.1, 0.15) is 0 Å². The van der Waals surface area contributed by atoms with Gasteiger partial charge in [-0.15, -0.1) is 0 Å². The SMILES string of the molecule is CCCC(CNS(=O)(=O)c1ccc(CC#N)cc1)C(=O)O. The van der Waals surface area contributed by atoms with E-state index < -0.39 is 21.9 Å². The van der Waals surface area contributed by atoms with E-state index in [-0.39, 0.29) is 17.9 Å². The summed E-state index contributed by atoms with van der Waals surface area (Å²) in [6, 6.07) is 7.93. The van der Waals surface area contributed by atoms with Crippen molar-refractivity contribution >= 4 is 16.0 Å². The number of aliphatic carboxylic acids is 1. The lowest BCUT2D eigenvalue weighted by Gasteiger charge is -2.12. The van der Waals surface area contributed by atoms with E-state index in [1.165, 1.54) is 12.1 Å². The molecule has 0 heterocycles. The summed E-state index contributed by atoms with van der Waals surface area (Å²) in [5.41, 5.74) is 0.728. The number of nitrogens with zero attached hydrogens (tertiary/aromatic N) is 1. The van der Waals surface area contributed by atoms with Gasteiger partial charge in [-0.25, -0.2) is 13.1 Å². The third-order valence-corrected chi connectivity index (χ3v) is 4.46. The maximum absolute atomic E-state index is 12.1. The number of carboxylic acid groups (broad SMARTS) is 1. The van der Waals surface area contributed by atoms with Gasteiger partial charge in [0.2, 0.25) is 10.0 Å². The molecule has 0 saturated carbocycles. The zero-order chi connectivity index (χ0) is 15.9. The Morgan fingerprint density at radius 2 is 2.00 bits per heavy atom. The van der Waals surface area contributed by atoms with Gasteiger partial charge in [-0.1, -0.05) is 25.5 Å². The summed E-state index contributed by atoms with van der Waals surface area (Å²) in [6.07, 6.45) is 1.30. The van der Waals surface area contributed by atoms with Crippen LogP contribution < -0.4 is 4.72 Å². The fourth-order valence-electron chi connectivity index (χ4n) is 1.83. The number of carboxylic acids is 1. The molecule has 0 amide bonds. The molecule has 0 bridgehead atoms. The maximum atomic E-state index is 12.1. The Bertz CT molecular complexity index is 617. The molecule has 1 rings (SSSR count). The lowest BCUT2D eigenvalue weighted by atomic mass is 10.1. The number of sulfonamides is 1. The van der Waals surface area contributed by atoms with Crippen molar-refractivity contribution < 1.29 is 18.3 Å². The molecule has 0 aliphatic carbocycles. The first kappa shape index (κ1) is 17.1. The number of nitriles is 1. The largest absolute Gasteiger partial charge is 0.481 e. The molecule has 0 spiro atoms. The summed E-state index contributed by atoms with van der Waals surface area (Å²) in [6.45, 7) is 1.71. The van der Waals surface area contributed by atoms with Crippen molar-refractivity contribution in [3.8, 4) is 6.07 Å². The fraction of sp³-hybridized carbons (Fsp3) is 0.429. The van der Waals surface area contributed by atoms with Crippen LogP contribution in [0.4, 0.5) is 0 Å². The van der Waals surface area contributed by atoms with Crippen LogP contribution in [-0.4, -0.2) is 26.0 Å². The van der Waals surface area contributed by atoms with Gasteiger partial charge in [-0.3, -0.25) is 4.79 Å². The van der Waals surface area contributed by atoms with Crippen LogP contribution in [0.1, 0.15) is 25.3 Å². The molecular weight excluding hydrogens is 292 g/mol. The number of hydrogen-bond donors (Lipinski definition) is 2. The van der Waals surface area contributed by atoms with Crippen LogP contribution in [0, 0.1) is 17.2 Å². The Hall–Kier alpha value is -1.91. The highest BCUT2D eigenvalue weighted by molar-refractivity contribution is 7.89. The van der Waals surface area contributed by atoms with Crippen molar-refractivity contribution in [3.05, 3.63) is 29.8 Å². The van der Waals surface area contributed by atoms with E-state index in [0.717, 1.165) is 5.56 Å². The second-order valence-corrected chi connectivity index (χ2v) is 6.42. The molecule has 21 heavy (non-hydrogen) atoms. The molecule has 6 nitrogen and oxygen atoms in total. The van der Waals surface area contributed by atoms with Crippen LogP contribution in [-0.2, 0) is 21.2 Å². The smallest absolute Gasteiger partial charge is 0.307 e. The van der Waals surface area contributed by atoms with Crippen LogP contribution in [0.25, 0.3) is 0 Å². The Balaban J connectivity index is 2.77. The molecular formula is C14H18N2O4S. The normalized spacial score (nSPS) is 12.6. The average Bonchev–Trinajstić information content (AvgIpc) is 2.44. The van der Waals surface area contributed by atoms with Crippen molar-refractivity contribution in [1.29, 1.82) is 5.26 Å². The summed E-state index contributed by atoms with van der Waals surface area (Å²) < 4.78 is 26.4. The summed E-state index contributed by atoms with van der Waals surface area (Å²) in [5, 5.41) is 17.6. The molecule has 114 valence electrons. The molecule has 0 radical (unpaired) electrons. The number of hydrogen-bond acceptors (Lipinski definition) is 4. The van der Waals surface area contributed by atoms with E-state index in [1.54, 1.807) is 12.1 Å². The van der Waals surface area contributed by atoms with Crippen molar-refractivity contribution in [2.45, 2.75) is 31.1 Å². The van der Waals surface area contributed by atoms with E-state index in [2.05, 4.69) is 4.72 Å². The molecule has 1 aromatic rings. The lowest BCUT2D eigenvalue weighted by Crippen LogP contribution is -2.32. The molecule has 1 unspecified atom stereocenters. The molecule has 0 fully saturated rings. The van der Waals surface area contributed by atoms with Crippen molar-refractivity contribution in [1.82, 2.24) is 4.72 Å². The Morgan fingerprint density at radius 3 is 2.48 bits per heavy atom. The van der Waals surface area contributed by atoms with Crippen LogP contribution in [0.15, 0.2) is 29.2 Å². The Kier molecular flexibility index (Phi) is 6.34. The van der Waals surface area contributed by atoms with Gasteiger partial charge in [0.15, 0.2) is 0 Å². The van der Waals surface area contributed by atoms with Crippen molar-refractivity contribution in [2.75, 3.05) is 6.54 Å². The number of nitrogens with one attached hydrogen (secondary N) is 1. The van der Waals surface area contributed by atoms with Crippen LogP contribution in [0.5, 0.6) is 0 Å². The van der Waals surface area contributed by atoms with E-state index in [1.807, 2.05) is 13.0 Å². The van der Waals surface area contributed by atoms with Gasteiger partial charge < -0.3 is 5.11 Å². The first-order valence-corrected chi connectivity index (χ1v) is 8.07. The molecule has 7 heteroatoms. The van der Waals surface area contributed by atoms with Gasteiger partial charge in [0, 0.05) is 6.54 Å². The zero-order valence-electron chi connectivity index (χ0n) is 11.7. The highest BCUT2D eigenvalue weighted by Gasteiger charge is 2.20. The number of rotatable bonds is 8. The minimum atomic E-state index is -3.74. The molecule has 0 aliphatic heterocycles. The van der Waals surface area contributed by atoms with Gasteiger partial charge in [0.05, 0.1) is 23.3 Å². The Morgan fingerprint density at radius 1 is 1.38 bits per heavy atom. The van der Waals surface area contributed by atoms with Gasteiger partial charge in [-0.2, -0.15) is 5.26 Å². The summed E-state index contributed by atoms with van der Waals surface area (Å²) in [5.74, 6) is -1.74. The molecule has 0 aromatic heterocycles. The van der Waals surface area contributed by atoms with Crippen LogP contribution in [0.2, 0.25) is 0 Å².